The van der Waals surface area contributed by atoms with Crippen molar-refractivity contribution in [2.45, 2.75) is 26.7 Å². The first-order chi connectivity index (χ1) is 16.3. The van der Waals surface area contributed by atoms with Crippen molar-refractivity contribution < 1.29 is 19.4 Å². The van der Waals surface area contributed by atoms with E-state index in [-0.39, 0.29) is 22.5 Å². The molecule has 1 fully saturated rings. The van der Waals surface area contributed by atoms with Crippen molar-refractivity contribution in [2.24, 2.45) is 10.4 Å². The van der Waals surface area contributed by atoms with Crippen LogP contribution in [-0.2, 0) is 4.79 Å². The van der Waals surface area contributed by atoms with Crippen molar-refractivity contribution in [1.29, 1.82) is 0 Å². The smallest absolute Gasteiger partial charge is 0.168 e. The Balaban J connectivity index is 1.78. The number of fused-ring (bicyclic) bond motifs is 1. The normalized spacial score (nSPS) is 18.5. The molecular weight excluding hydrogens is 426 g/mol. The van der Waals surface area contributed by atoms with Crippen LogP contribution in [0.4, 0.5) is 5.69 Å². The van der Waals surface area contributed by atoms with E-state index in [1.165, 1.54) is 0 Å². The molecule has 0 aromatic heterocycles. The van der Waals surface area contributed by atoms with Crippen molar-refractivity contribution in [2.75, 3.05) is 14.2 Å². The van der Waals surface area contributed by atoms with E-state index in [1.54, 1.807) is 32.4 Å². The largest absolute Gasteiger partial charge is 0.507 e. The summed E-state index contributed by atoms with van der Waals surface area (Å²) in [6.45, 7) is 4.10. The summed E-state index contributed by atoms with van der Waals surface area (Å²) < 4.78 is 10.6. The van der Waals surface area contributed by atoms with Crippen LogP contribution in [0.15, 0.2) is 83.1 Å². The summed E-state index contributed by atoms with van der Waals surface area (Å²) in [6.07, 6.45) is 4.23. The number of carbonyl (C=O) groups is 1. The Morgan fingerprint density at radius 3 is 2.47 bits per heavy atom. The van der Waals surface area contributed by atoms with Gasteiger partial charge in [0.25, 0.3) is 0 Å². The molecular formula is C29H29NO4. The van der Waals surface area contributed by atoms with Gasteiger partial charge in [-0.3, -0.25) is 9.79 Å². The van der Waals surface area contributed by atoms with E-state index in [0.717, 1.165) is 22.0 Å². The highest BCUT2D eigenvalue weighted by Gasteiger charge is 2.36. The number of allylic oxidation sites excluding steroid dienone is 2. The molecule has 3 aromatic carbocycles. The zero-order valence-corrected chi connectivity index (χ0v) is 20.0. The first-order valence-electron chi connectivity index (χ1n) is 11.2. The maximum atomic E-state index is 13.1. The topological polar surface area (TPSA) is 68.1 Å². The maximum absolute atomic E-state index is 13.1. The zero-order valence-electron chi connectivity index (χ0n) is 20.0. The van der Waals surface area contributed by atoms with Gasteiger partial charge in [-0.25, -0.2) is 0 Å². The molecule has 1 aliphatic rings. The molecule has 0 aliphatic heterocycles. The Bertz CT molecular complexity index is 1330. The summed E-state index contributed by atoms with van der Waals surface area (Å²) in [7, 11) is 3.15. The molecule has 5 heteroatoms. The summed E-state index contributed by atoms with van der Waals surface area (Å²) >= 11 is 0. The lowest BCUT2D eigenvalue weighted by molar-refractivity contribution is -0.117. The third-order valence-electron chi connectivity index (χ3n) is 5.97. The van der Waals surface area contributed by atoms with Crippen LogP contribution in [0.25, 0.3) is 16.8 Å². The predicted octanol–water partition coefficient (Wildman–Crippen LogP) is 6.84. The molecule has 1 N–H and O–H groups in total. The Morgan fingerprint density at radius 2 is 1.71 bits per heavy atom. The average Bonchev–Trinajstić information content (AvgIpc) is 2.81. The van der Waals surface area contributed by atoms with Gasteiger partial charge in [-0.15, -0.1) is 0 Å². The molecule has 1 aliphatic carbocycles. The fourth-order valence-electron chi connectivity index (χ4n) is 4.34. The van der Waals surface area contributed by atoms with Crippen LogP contribution in [0.3, 0.4) is 0 Å². The molecule has 174 valence electrons. The minimum absolute atomic E-state index is 0.0886. The molecule has 0 radical (unpaired) electrons. The number of aliphatic imine (C=N–C) groups is 1. The number of Topliss-reactive ketones (excluding diaryl/α,β-unsaturated/α-hetero) is 1. The number of aliphatic hydroxyl groups excluding tert-OH is 1. The number of ether oxygens (including phenoxy) is 2. The van der Waals surface area contributed by atoms with Crippen LogP contribution in [0.2, 0.25) is 0 Å². The Morgan fingerprint density at radius 1 is 0.971 bits per heavy atom. The third-order valence-corrected chi connectivity index (χ3v) is 5.97. The highest BCUT2D eigenvalue weighted by Crippen LogP contribution is 2.37. The van der Waals surface area contributed by atoms with Gasteiger partial charge in [0, 0.05) is 11.8 Å². The Hall–Kier alpha value is -3.86. The fraction of sp³-hybridized carbons (Fsp3) is 0.241. The van der Waals surface area contributed by atoms with Gasteiger partial charge in [0.2, 0.25) is 0 Å². The molecule has 34 heavy (non-hydrogen) atoms. The number of hydrogen-bond donors (Lipinski definition) is 1. The van der Waals surface area contributed by atoms with Crippen molar-refractivity contribution in [1.82, 2.24) is 0 Å². The molecule has 0 unspecified atom stereocenters. The lowest BCUT2D eigenvalue weighted by Gasteiger charge is -2.31. The lowest BCUT2D eigenvalue weighted by Crippen LogP contribution is -2.32. The highest BCUT2D eigenvalue weighted by atomic mass is 16.5. The average molecular weight is 456 g/mol. The molecule has 4 rings (SSSR count). The SMILES string of the molecule is COc1ccc(/C=C/C(O)=C2\C(=O)CC(C)(C)CC2=Nc2cccc3ccccc23)cc1OC. The second kappa shape index (κ2) is 9.56. The van der Waals surface area contributed by atoms with Crippen LogP contribution in [-0.4, -0.2) is 30.8 Å². The second-order valence-electron chi connectivity index (χ2n) is 9.21. The minimum atomic E-state index is -0.239. The maximum Gasteiger partial charge on any atom is 0.168 e. The summed E-state index contributed by atoms with van der Waals surface area (Å²) in [5.74, 6) is 1.01. The van der Waals surface area contributed by atoms with E-state index in [2.05, 4.69) is 13.8 Å². The Labute approximate surface area is 200 Å². The molecule has 1 saturated carbocycles. The second-order valence-corrected chi connectivity index (χ2v) is 9.21. The molecule has 3 aromatic rings. The first kappa shape index (κ1) is 23.3. The number of nitrogens with zero attached hydrogens (tertiary/aromatic N) is 1. The predicted molar refractivity (Wildman–Crippen MR) is 137 cm³/mol. The minimum Gasteiger partial charge on any atom is -0.507 e. The van der Waals surface area contributed by atoms with Gasteiger partial charge in [0.15, 0.2) is 17.3 Å². The van der Waals surface area contributed by atoms with Gasteiger partial charge >= 0.3 is 0 Å². The number of aliphatic hydroxyl groups is 1. The van der Waals surface area contributed by atoms with Gasteiger partial charge in [0.05, 0.1) is 31.2 Å². The molecule has 0 saturated heterocycles. The molecule has 0 atom stereocenters. The summed E-state index contributed by atoms with van der Waals surface area (Å²) in [6, 6.07) is 19.4. The zero-order chi connectivity index (χ0) is 24.3. The van der Waals surface area contributed by atoms with Crippen molar-refractivity contribution >= 4 is 34.0 Å². The van der Waals surface area contributed by atoms with E-state index in [1.807, 2.05) is 54.6 Å². The molecule has 5 nitrogen and oxygen atoms in total. The summed E-state index contributed by atoms with van der Waals surface area (Å²) in [5.41, 5.74) is 2.24. The first-order valence-corrected chi connectivity index (χ1v) is 11.2. The van der Waals surface area contributed by atoms with Gasteiger partial charge in [-0.1, -0.05) is 62.4 Å². The van der Waals surface area contributed by atoms with Crippen LogP contribution in [0, 0.1) is 5.41 Å². The molecule has 0 spiro atoms. The van der Waals surface area contributed by atoms with Crippen molar-refractivity contribution in [3.05, 3.63) is 83.6 Å². The van der Waals surface area contributed by atoms with Crippen LogP contribution >= 0.6 is 0 Å². The van der Waals surface area contributed by atoms with Gasteiger partial charge in [0.1, 0.15) is 5.76 Å². The number of rotatable bonds is 5. The van der Waals surface area contributed by atoms with Crippen LogP contribution in [0.1, 0.15) is 32.3 Å². The number of carbonyl (C=O) groups excluding carboxylic acids is 1. The van der Waals surface area contributed by atoms with E-state index >= 15 is 0 Å². The van der Waals surface area contributed by atoms with Crippen LogP contribution in [0.5, 0.6) is 11.5 Å². The van der Waals surface area contributed by atoms with E-state index in [4.69, 9.17) is 14.5 Å². The standard InChI is InChI=1S/C29H29NO4/c1-29(2)17-23(30-22-11-7-9-20-8-5-6-10-21(20)22)28(25(32)18-29)24(31)14-12-19-13-15-26(33-3)27(16-19)34-4/h5-16,31H,17-18H2,1-4H3/b14-12+,28-24+,30-23?. The van der Waals surface area contributed by atoms with Crippen molar-refractivity contribution in [3.8, 4) is 11.5 Å². The van der Waals surface area contributed by atoms with Gasteiger partial charge in [-0.05, 0) is 47.1 Å². The number of hydrogen-bond acceptors (Lipinski definition) is 5. The van der Waals surface area contributed by atoms with Crippen LogP contribution < -0.4 is 9.47 Å². The number of benzene rings is 3. The van der Waals surface area contributed by atoms with E-state index in [9.17, 15) is 9.90 Å². The number of methoxy groups -OCH3 is 2. The monoisotopic (exact) mass is 455 g/mol. The lowest BCUT2D eigenvalue weighted by atomic mass is 9.73. The molecule has 0 amide bonds. The van der Waals surface area contributed by atoms with Crippen molar-refractivity contribution in [3.63, 3.8) is 0 Å². The number of ketones is 1. The highest BCUT2D eigenvalue weighted by molar-refractivity contribution is 6.25. The quantitative estimate of drug-likeness (QED) is 0.338. The van der Waals surface area contributed by atoms with E-state index < -0.39 is 0 Å². The molecule has 0 bridgehead atoms. The van der Waals surface area contributed by atoms with E-state index in [0.29, 0.717) is 30.1 Å². The van der Waals surface area contributed by atoms with Gasteiger partial charge < -0.3 is 14.6 Å². The third kappa shape index (κ3) is 4.88. The summed E-state index contributed by atoms with van der Waals surface area (Å²) in [4.78, 5) is 18.0. The van der Waals surface area contributed by atoms with Gasteiger partial charge in [-0.2, -0.15) is 0 Å². The molecule has 0 heterocycles. The summed E-state index contributed by atoms with van der Waals surface area (Å²) in [5, 5.41) is 13.1. The Kier molecular flexibility index (Phi) is 6.55. The fourth-order valence-corrected chi connectivity index (χ4v) is 4.34.